The van der Waals surface area contributed by atoms with Crippen molar-refractivity contribution < 1.29 is 13.9 Å². The van der Waals surface area contributed by atoms with Crippen LogP contribution in [0.25, 0.3) is 0 Å². The van der Waals surface area contributed by atoms with Crippen molar-refractivity contribution in [1.29, 1.82) is 0 Å². The van der Waals surface area contributed by atoms with E-state index in [-0.39, 0.29) is 6.10 Å². The molecule has 0 radical (unpaired) electrons. The van der Waals surface area contributed by atoms with Gasteiger partial charge in [-0.15, -0.1) is 0 Å². The number of hydrogen-bond acceptors (Lipinski definition) is 4. The van der Waals surface area contributed by atoms with Crippen molar-refractivity contribution in [2.24, 2.45) is 0 Å². The number of hydrogen-bond donors (Lipinski definition) is 1. The molecule has 1 unspecified atom stereocenters. The second-order valence-electron chi connectivity index (χ2n) is 3.39. The van der Waals surface area contributed by atoms with Crippen LogP contribution in [0.1, 0.15) is 12.2 Å². The van der Waals surface area contributed by atoms with E-state index in [0.29, 0.717) is 12.6 Å². The molecule has 14 heavy (non-hydrogen) atoms. The third-order valence-corrected chi connectivity index (χ3v) is 2.22. The minimum Gasteiger partial charge on any atom is -0.460 e. The van der Waals surface area contributed by atoms with E-state index in [9.17, 15) is 0 Å². The van der Waals surface area contributed by atoms with Gasteiger partial charge in [-0.1, -0.05) is 0 Å². The SMILES string of the molecule is COCc1ccc(OC2CCNC2)o1. The van der Waals surface area contributed by atoms with Crippen molar-refractivity contribution in [1.82, 2.24) is 5.32 Å². The van der Waals surface area contributed by atoms with E-state index < -0.39 is 0 Å². The quantitative estimate of drug-likeness (QED) is 0.786. The van der Waals surface area contributed by atoms with Crippen LogP contribution in [0.5, 0.6) is 5.95 Å². The lowest BCUT2D eigenvalue weighted by atomic mass is 10.3. The molecule has 0 aromatic carbocycles. The van der Waals surface area contributed by atoms with Crippen LogP contribution in [0.3, 0.4) is 0 Å². The van der Waals surface area contributed by atoms with Crippen LogP contribution in [0.4, 0.5) is 0 Å². The van der Waals surface area contributed by atoms with Gasteiger partial charge in [0.2, 0.25) is 0 Å². The van der Waals surface area contributed by atoms with Gasteiger partial charge < -0.3 is 19.2 Å². The molecule has 0 aliphatic carbocycles. The first kappa shape index (κ1) is 9.55. The zero-order valence-corrected chi connectivity index (χ0v) is 8.29. The lowest BCUT2D eigenvalue weighted by Crippen LogP contribution is -2.19. The molecule has 0 saturated carbocycles. The summed E-state index contributed by atoms with van der Waals surface area (Å²) in [6, 6.07) is 3.72. The van der Waals surface area contributed by atoms with E-state index in [0.717, 1.165) is 25.3 Å². The van der Waals surface area contributed by atoms with E-state index in [1.54, 1.807) is 7.11 Å². The van der Waals surface area contributed by atoms with Gasteiger partial charge in [0.25, 0.3) is 5.95 Å². The maximum absolute atomic E-state index is 5.62. The summed E-state index contributed by atoms with van der Waals surface area (Å²) >= 11 is 0. The third-order valence-electron chi connectivity index (χ3n) is 2.22. The summed E-state index contributed by atoms with van der Waals surface area (Å²) < 4.78 is 16.0. The van der Waals surface area contributed by atoms with Crippen LogP contribution in [0, 0.1) is 0 Å². The minimum atomic E-state index is 0.247. The van der Waals surface area contributed by atoms with Crippen molar-refractivity contribution in [3.8, 4) is 5.95 Å². The molecule has 1 fully saturated rings. The van der Waals surface area contributed by atoms with Crippen LogP contribution in [-0.2, 0) is 11.3 Å². The van der Waals surface area contributed by atoms with Gasteiger partial charge in [-0.05, 0) is 19.0 Å². The smallest absolute Gasteiger partial charge is 0.284 e. The highest BCUT2D eigenvalue weighted by Gasteiger charge is 2.17. The Labute approximate surface area is 83.2 Å². The highest BCUT2D eigenvalue weighted by Crippen LogP contribution is 2.19. The monoisotopic (exact) mass is 197 g/mol. The first-order valence-electron chi connectivity index (χ1n) is 4.83. The second-order valence-corrected chi connectivity index (χ2v) is 3.39. The second kappa shape index (κ2) is 4.48. The van der Waals surface area contributed by atoms with Crippen LogP contribution in [0.15, 0.2) is 16.5 Å². The highest BCUT2D eigenvalue weighted by atomic mass is 16.6. The summed E-state index contributed by atoms with van der Waals surface area (Å²) in [7, 11) is 1.64. The lowest BCUT2D eigenvalue weighted by Gasteiger charge is -2.08. The number of methoxy groups -OCH3 is 1. The molecule has 1 atom stereocenters. The Balaban J connectivity index is 1.88. The van der Waals surface area contributed by atoms with Gasteiger partial charge >= 0.3 is 0 Å². The van der Waals surface area contributed by atoms with Crippen LogP contribution >= 0.6 is 0 Å². The molecule has 1 aromatic heterocycles. The van der Waals surface area contributed by atoms with Gasteiger partial charge in [0.15, 0.2) is 0 Å². The summed E-state index contributed by atoms with van der Waals surface area (Å²) in [5.41, 5.74) is 0. The standard InChI is InChI=1S/C10H15NO3/c1-12-7-9-2-3-10(14-9)13-8-4-5-11-6-8/h2-3,8,11H,4-7H2,1H3. The van der Waals surface area contributed by atoms with Gasteiger partial charge in [-0.25, -0.2) is 0 Å². The average Bonchev–Trinajstić information content (AvgIpc) is 2.79. The summed E-state index contributed by atoms with van der Waals surface area (Å²) in [6.45, 7) is 2.42. The Hall–Kier alpha value is -1.00. The fourth-order valence-corrected chi connectivity index (χ4v) is 1.53. The van der Waals surface area contributed by atoms with Crippen molar-refractivity contribution in [2.75, 3.05) is 20.2 Å². The van der Waals surface area contributed by atoms with E-state index in [2.05, 4.69) is 5.32 Å². The lowest BCUT2D eigenvalue weighted by molar-refractivity contribution is 0.137. The largest absolute Gasteiger partial charge is 0.460 e. The predicted molar refractivity (Wildman–Crippen MR) is 51.3 cm³/mol. The molecule has 2 rings (SSSR count). The zero-order valence-electron chi connectivity index (χ0n) is 8.29. The van der Waals surface area contributed by atoms with Crippen LogP contribution in [0.2, 0.25) is 0 Å². The summed E-state index contributed by atoms with van der Waals surface area (Å²) in [6.07, 6.45) is 1.29. The molecule has 1 aromatic rings. The third kappa shape index (κ3) is 2.27. The fraction of sp³-hybridized carbons (Fsp3) is 0.600. The van der Waals surface area contributed by atoms with E-state index in [1.165, 1.54) is 0 Å². The van der Waals surface area contributed by atoms with Gasteiger partial charge in [0, 0.05) is 19.7 Å². The molecule has 4 heteroatoms. The van der Waals surface area contributed by atoms with E-state index in [1.807, 2.05) is 12.1 Å². The van der Waals surface area contributed by atoms with Crippen LogP contribution < -0.4 is 10.1 Å². The topological polar surface area (TPSA) is 43.6 Å². The number of rotatable bonds is 4. The number of nitrogens with one attached hydrogen (secondary N) is 1. The van der Waals surface area contributed by atoms with E-state index in [4.69, 9.17) is 13.9 Å². The first-order chi connectivity index (χ1) is 6.88. The Bertz CT molecular complexity index is 279. The van der Waals surface area contributed by atoms with Gasteiger partial charge in [0.05, 0.1) is 0 Å². The Morgan fingerprint density at radius 2 is 2.50 bits per heavy atom. The molecule has 1 aliphatic rings. The molecule has 4 nitrogen and oxygen atoms in total. The molecule has 1 N–H and O–H groups in total. The normalized spacial score (nSPS) is 21.4. The molecule has 1 saturated heterocycles. The average molecular weight is 197 g/mol. The summed E-state index contributed by atoms with van der Waals surface area (Å²) in [4.78, 5) is 0. The molecular formula is C10H15NO3. The molecule has 2 heterocycles. The summed E-state index contributed by atoms with van der Waals surface area (Å²) in [5.74, 6) is 1.39. The van der Waals surface area contributed by atoms with Crippen molar-refractivity contribution in [3.63, 3.8) is 0 Å². The van der Waals surface area contributed by atoms with Gasteiger partial charge in [-0.3, -0.25) is 0 Å². The molecule has 0 amide bonds. The summed E-state index contributed by atoms with van der Waals surface area (Å²) in [5, 5.41) is 3.23. The molecule has 1 aliphatic heterocycles. The molecule has 0 bridgehead atoms. The maximum atomic E-state index is 5.62. The number of furan rings is 1. The van der Waals surface area contributed by atoms with Gasteiger partial charge in [-0.2, -0.15) is 0 Å². The fourth-order valence-electron chi connectivity index (χ4n) is 1.53. The zero-order chi connectivity index (χ0) is 9.80. The van der Waals surface area contributed by atoms with Crippen molar-refractivity contribution in [2.45, 2.75) is 19.1 Å². The highest BCUT2D eigenvalue weighted by molar-refractivity contribution is 5.11. The van der Waals surface area contributed by atoms with Crippen LogP contribution in [-0.4, -0.2) is 26.3 Å². The van der Waals surface area contributed by atoms with Crippen molar-refractivity contribution >= 4 is 0 Å². The Morgan fingerprint density at radius 1 is 1.57 bits per heavy atom. The van der Waals surface area contributed by atoms with Gasteiger partial charge in [0.1, 0.15) is 18.5 Å². The molecule has 0 spiro atoms. The van der Waals surface area contributed by atoms with Crippen molar-refractivity contribution in [3.05, 3.63) is 17.9 Å². The Kier molecular flexibility index (Phi) is 3.06. The molecular weight excluding hydrogens is 182 g/mol. The maximum Gasteiger partial charge on any atom is 0.284 e. The Morgan fingerprint density at radius 3 is 3.21 bits per heavy atom. The first-order valence-corrected chi connectivity index (χ1v) is 4.83. The van der Waals surface area contributed by atoms with E-state index >= 15 is 0 Å². The predicted octanol–water partition coefficient (Wildman–Crippen LogP) is 1.17. The number of ether oxygens (including phenoxy) is 2. The minimum absolute atomic E-state index is 0.247. The molecule has 78 valence electrons.